The van der Waals surface area contributed by atoms with Gasteiger partial charge in [-0.3, -0.25) is 0 Å². The van der Waals surface area contributed by atoms with E-state index in [1.54, 1.807) is 0 Å². The third-order valence-electron chi connectivity index (χ3n) is 3.78. The molecule has 2 N–H and O–H groups in total. The van der Waals surface area contributed by atoms with Crippen LogP contribution in [0, 0.1) is 0 Å². The summed E-state index contributed by atoms with van der Waals surface area (Å²) >= 11 is 3.57. The van der Waals surface area contributed by atoms with Gasteiger partial charge in [-0.15, -0.1) is 0 Å². The van der Waals surface area contributed by atoms with Crippen molar-refractivity contribution in [3.05, 3.63) is 28.2 Å². The molecule has 0 saturated carbocycles. The van der Waals surface area contributed by atoms with Crippen LogP contribution < -0.4 is 10.2 Å². The normalized spacial score (nSPS) is 12.6. The average Bonchev–Trinajstić information content (AvgIpc) is 2.23. The van der Waals surface area contributed by atoms with Gasteiger partial charge in [-0.1, -0.05) is 36.7 Å². The van der Waals surface area contributed by atoms with Gasteiger partial charge in [-0.25, -0.2) is 0 Å². The van der Waals surface area contributed by atoms with Gasteiger partial charge in [0.2, 0.25) is 8.32 Å². The van der Waals surface area contributed by atoms with Crippen molar-refractivity contribution in [2.45, 2.75) is 51.7 Å². The molecule has 1 rings (SSSR count). The highest BCUT2D eigenvalue weighted by molar-refractivity contribution is 9.10. The van der Waals surface area contributed by atoms with Crippen molar-refractivity contribution in [2.24, 2.45) is 5.73 Å². The Hall–Kier alpha value is -0.323. The summed E-state index contributed by atoms with van der Waals surface area (Å²) in [6.07, 6.45) is 2.01. The Balaban J connectivity index is 2.92. The van der Waals surface area contributed by atoms with E-state index in [-0.39, 0.29) is 5.04 Å². The zero-order valence-electron chi connectivity index (χ0n) is 12.7. The zero-order valence-corrected chi connectivity index (χ0v) is 15.3. The van der Waals surface area contributed by atoms with Crippen LogP contribution in [0.15, 0.2) is 22.7 Å². The van der Waals surface area contributed by atoms with Crippen LogP contribution in [-0.2, 0) is 6.42 Å². The summed E-state index contributed by atoms with van der Waals surface area (Å²) in [5.74, 6) is 0.980. The average molecular weight is 344 g/mol. The molecule has 0 aliphatic carbocycles. The van der Waals surface area contributed by atoms with Gasteiger partial charge in [0.05, 0.1) is 0 Å². The monoisotopic (exact) mass is 343 g/mol. The Labute approximate surface area is 127 Å². The first-order chi connectivity index (χ1) is 8.65. The van der Waals surface area contributed by atoms with Gasteiger partial charge in [-0.05, 0) is 61.3 Å². The first-order valence-electron chi connectivity index (χ1n) is 6.84. The quantitative estimate of drug-likeness (QED) is 0.784. The standard InChI is InChI=1S/C15H26BrNOSi/c1-15(2,3)19(4,5)18-14-10-12(7-6-8-17)9-13(16)11-14/h9-11H,6-8,17H2,1-5H3. The fourth-order valence-corrected chi connectivity index (χ4v) is 3.11. The lowest BCUT2D eigenvalue weighted by atomic mass is 10.1. The van der Waals surface area contributed by atoms with E-state index in [0.717, 1.165) is 29.6 Å². The van der Waals surface area contributed by atoms with E-state index < -0.39 is 8.32 Å². The second kappa shape index (κ2) is 6.42. The predicted molar refractivity (Wildman–Crippen MR) is 89.3 cm³/mol. The maximum absolute atomic E-state index is 6.35. The summed E-state index contributed by atoms with van der Waals surface area (Å²) in [5, 5.41) is 0.215. The van der Waals surface area contributed by atoms with Crippen molar-refractivity contribution in [3.63, 3.8) is 0 Å². The fourth-order valence-electron chi connectivity index (χ4n) is 1.58. The molecule has 4 heteroatoms. The van der Waals surface area contributed by atoms with Gasteiger partial charge in [-0.2, -0.15) is 0 Å². The SMILES string of the molecule is CC(C)(C)[Si](C)(C)Oc1cc(Br)cc(CCCN)c1. The van der Waals surface area contributed by atoms with Crippen LogP contribution in [-0.4, -0.2) is 14.9 Å². The smallest absolute Gasteiger partial charge is 0.250 e. The van der Waals surface area contributed by atoms with Gasteiger partial charge < -0.3 is 10.2 Å². The first kappa shape index (κ1) is 16.7. The Morgan fingerprint density at radius 1 is 1.21 bits per heavy atom. The number of nitrogens with two attached hydrogens (primary N) is 1. The van der Waals surface area contributed by atoms with Crippen LogP contribution in [0.1, 0.15) is 32.8 Å². The number of halogens is 1. The molecule has 0 amide bonds. The molecule has 0 fully saturated rings. The van der Waals surface area contributed by atoms with Crippen LogP contribution in [0.3, 0.4) is 0 Å². The van der Waals surface area contributed by atoms with Gasteiger partial charge in [0, 0.05) is 4.47 Å². The molecule has 1 aromatic carbocycles. The fraction of sp³-hybridized carbons (Fsp3) is 0.600. The maximum Gasteiger partial charge on any atom is 0.250 e. The van der Waals surface area contributed by atoms with E-state index in [1.807, 2.05) is 0 Å². The number of aryl methyl sites for hydroxylation is 1. The molecule has 0 radical (unpaired) electrons. The maximum atomic E-state index is 6.35. The van der Waals surface area contributed by atoms with Crippen molar-refractivity contribution in [1.82, 2.24) is 0 Å². The molecule has 2 nitrogen and oxygen atoms in total. The van der Waals surface area contributed by atoms with Gasteiger partial charge in [0.25, 0.3) is 0 Å². The first-order valence-corrected chi connectivity index (χ1v) is 10.5. The molecule has 0 atom stereocenters. The second-order valence-electron chi connectivity index (χ2n) is 6.55. The number of benzene rings is 1. The summed E-state index contributed by atoms with van der Waals surface area (Å²) in [7, 11) is -1.77. The minimum absolute atomic E-state index is 0.215. The minimum atomic E-state index is -1.77. The van der Waals surface area contributed by atoms with Crippen LogP contribution in [0.4, 0.5) is 0 Å². The molecule has 0 spiro atoms. The third-order valence-corrected chi connectivity index (χ3v) is 8.60. The van der Waals surface area contributed by atoms with Crippen LogP contribution in [0.2, 0.25) is 18.1 Å². The van der Waals surface area contributed by atoms with Crippen molar-refractivity contribution >= 4 is 24.2 Å². The van der Waals surface area contributed by atoms with Gasteiger partial charge >= 0.3 is 0 Å². The number of rotatable bonds is 5. The Kier molecular flexibility index (Phi) is 5.65. The van der Waals surface area contributed by atoms with Crippen LogP contribution >= 0.6 is 15.9 Å². The van der Waals surface area contributed by atoms with E-state index in [2.05, 4.69) is 68.0 Å². The third kappa shape index (κ3) is 4.93. The highest BCUT2D eigenvalue weighted by atomic mass is 79.9. The summed E-state index contributed by atoms with van der Waals surface area (Å²) in [4.78, 5) is 0. The zero-order chi connectivity index (χ0) is 14.7. The molecular formula is C15H26BrNOSi. The molecule has 0 aliphatic rings. The minimum Gasteiger partial charge on any atom is -0.543 e. The molecular weight excluding hydrogens is 318 g/mol. The van der Waals surface area contributed by atoms with E-state index in [4.69, 9.17) is 10.2 Å². The number of hydrogen-bond donors (Lipinski definition) is 1. The highest BCUT2D eigenvalue weighted by Crippen LogP contribution is 2.38. The second-order valence-corrected chi connectivity index (χ2v) is 12.2. The van der Waals surface area contributed by atoms with Crippen LogP contribution in [0.25, 0.3) is 0 Å². The summed E-state index contributed by atoms with van der Waals surface area (Å²) in [6, 6.07) is 6.36. The highest BCUT2D eigenvalue weighted by Gasteiger charge is 2.39. The van der Waals surface area contributed by atoms with Crippen LogP contribution in [0.5, 0.6) is 5.75 Å². The van der Waals surface area contributed by atoms with E-state index in [0.29, 0.717) is 0 Å². The van der Waals surface area contributed by atoms with E-state index in [9.17, 15) is 0 Å². The Morgan fingerprint density at radius 2 is 1.84 bits per heavy atom. The summed E-state index contributed by atoms with van der Waals surface area (Å²) in [5.41, 5.74) is 6.86. The summed E-state index contributed by atoms with van der Waals surface area (Å²) < 4.78 is 7.42. The van der Waals surface area contributed by atoms with Crippen molar-refractivity contribution < 1.29 is 4.43 Å². The van der Waals surface area contributed by atoms with Crippen molar-refractivity contribution in [3.8, 4) is 5.75 Å². The van der Waals surface area contributed by atoms with Gasteiger partial charge in [0.15, 0.2) is 0 Å². The molecule has 0 heterocycles. The molecule has 0 unspecified atom stereocenters. The lowest BCUT2D eigenvalue weighted by molar-refractivity contribution is 0.491. The topological polar surface area (TPSA) is 35.2 Å². The Bertz CT molecular complexity index is 427. The lowest BCUT2D eigenvalue weighted by Gasteiger charge is -2.36. The molecule has 0 aliphatic heterocycles. The summed E-state index contributed by atoms with van der Waals surface area (Å²) in [6.45, 7) is 12.0. The van der Waals surface area contributed by atoms with Gasteiger partial charge in [0.1, 0.15) is 5.75 Å². The molecule has 108 valence electrons. The lowest BCUT2D eigenvalue weighted by Crippen LogP contribution is -2.43. The largest absolute Gasteiger partial charge is 0.543 e. The predicted octanol–water partition coefficient (Wildman–Crippen LogP) is 4.72. The number of hydrogen-bond acceptors (Lipinski definition) is 2. The van der Waals surface area contributed by atoms with E-state index >= 15 is 0 Å². The Morgan fingerprint density at radius 3 is 2.37 bits per heavy atom. The van der Waals surface area contributed by atoms with E-state index in [1.165, 1.54) is 5.56 Å². The molecule has 0 bridgehead atoms. The van der Waals surface area contributed by atoms with Crippen molar-refractivity contribution in [1.29, 1.82) is 0 Å². The molecule has 1 aromatic rings. The van der Waals surface area contributed by atoms with Crippen molar-refractivity contribution in [2.75, 3.05) is 6.54 Å². The molecule has 0 saturated heterocycles. The molecule has 19 heavy (non-hydrogen) atoms. The molecule has 0 aromatic heterocycles.